The second kappa shape index (κ2) is 7.51. The van der Waals surface area contributed by atoms with Crippen molar-refractivity contribution in [2.75, 3.05) is 11.9 Å². The Kier molecular flexibility index (Phi) is 5.28. The lowest BCUT2D eigenvalue weighted by Crippen LogP contribution is -2.64. The van der Waals surface area contributed by atoms with E-state index >= 15 is 0 Å². The van der Waals surface area contributed by atoms with Gasteiger partial charge in [-0.2, -0.15) is 0 Å². The molecule has 28 heavy (non-hydrogen) atoms. The minimum atomic E-state index is -1.45. The number of nitrogens with zero attached hydrogens (tertiary/aromatic N) is 1. The van der Waals surface area contributed by atoms with Gasteiger partial charge in [0.25, 0.3) is 17.7 Å². The Morgan fingerprint density at radius 1 is 1.21 bits per heavy atom. The van der Waals surface area contributed by atoms with Crippen LogP contribution >= 0.6 is 0 Å². The summed E-state index contributed by atoms with van der Waals surface area (Å²) in [4.78, 5) is 63.3. The average molecular weight is 386 g/mol. The molecule has 1 aromatic rings. The molecule has 2 aliphatic heterocycles. The second-order valence-corrected chi connectivity index (χ2v) is 7.01. The monoisotopic (exact) mass is 386 g/mol. The smallest absolute Gasteiger partial charge is 0.264 e. The minimum Gasteiger partial charge on any atom is -0.330 e. The average Bonchev–Trinajstić information content (AvgIpc) is 2.89. The van der Waals surface area contributed by atoms with Crippen molar-refractivity contribution >= 4 is 35.2 Å². The number of piperidine rings is 1. The lowest BCUT2D eigenvalue weighted by Gasteiger charge is -2.41. The van der Waals surface area contributed by atoms with Crippen molar-refractivity contribution in [1.29, 1.82) is 0 Å². The highest BCUT2D eigenvalue weighted by atomic mass is 16.2. The van der Waals surface area contributed by atoms with Gasteiger partial charge in [-0.05, 0) is 44.4 Å². The summed E-state index contributed by atoms with van der Waals surface area (Å²) in [6, 6.07) is 4.57. The molecule has 5 amide bonds. The van der Waals surface area contributed by atoms with Crippen LogP contribution in [0.3, 0.4) is 0 Å². The largest absolute Gasteiger partial charge is 0.330 e. The number of anilines is 1. The van der Waals surface area contributed by atoms with Crippen molar-refractivity contribution < 1.29 is 24.0 Å². The van der Waals surface area contributed by atoms with Crippen LogP contribution < -0.4 is 16.4 Å². The third-order valence-electron chi connectivity index (χ3n) is 5.14. The Balaban J connectivity index is 2.05. The van der Waals surface area contributed by atoms with Gasteiger partial charge in [0.1, 0.15) is 5.54 Å². The molecule has 0 radical (unpaired) electrons. The van der Waals surface area contributed by atoms with Crippen LogP contribution in [-0.2, 0) is 14.4 Å². The van der Waals surface area contributed by atoms with E-state index in [-0.39, 0.29) is 42.0 Å². The molecule has 1 fully saturated rings. The number of carbonyl (C=O) groups is 5. The van der Waals surface area contributed by atoms with E-state index in [1.807, 2.05) is 0 Å². The molecule has 1 aromatic carbocycles. The molecule has 1 saturated heterocycles. The SMILES string of the molecule is CC(=O)Nc1cccc2c1C(=O)N(C1(CCCCN)CCC(=O)NC1=O)C2=O. The zero-order chi connectivity index (χ0) is 20.5. The standard InChI is InChI=1S/C19H22N4O5/c1-11(24)21-13-6-4-5-12-15(13)17(27)23(16(12)26)19(8-2-3-10-20)9-7-14(25)22-18(19)28/h4-6H,2-3,7-10,20H2,1H3,(H,21,24)(H,22,25,28). The molecule has 2 aliphatic rings. The maximum Gasteiger partial charge on any atom is 0.264 e. The Bertz CT molecular complexity index is 881. The second-order valence-electron chi connectivity index (χ2n) is 7.01. The molecule has 1 atom stereocenters. The Labute approximate surface area is 161 Å². The van der Waals surface area contributed by atoms with Crippen LogP contribution in [-0.4, -0.2) is 46.5 Å². The number of hydrogen-bond acceptors (Lipinski definition) is 6. The zero-order valence-electron chi connectivity index (χ0n) is 15.5. The number of unbranched alkanes of at least 4 members (excludes halogenated alkanes) is 1. The number of hydrogen-bond donors (Lipinski definition) is 3. The molecule has 0 bridgehead atoms. The Morgan fingerprint density at radius 2 is 1.96 bits per heavy atom. The molecule has 1 unspecified atom stereocenters. The van der Waals surface area contributed by atoms with E-state index in [1.165, 1.54) is 19.1 Å². The number of carbonyl (C=O) groups excluding carboxylic acids is 5. The molecule has 3 rings (SSSR count). The van der Waals surface area contributed by atoms with E-state index < -0.39 is 29.2 Å². The number of rotatable bonds is 6. The maximum atomic E-state index is 13.2. The van der Waals surface area contributed by atoms with Crippen LogP contribution in [0.1, 0.15) is 59.7 Å². The summed E-state index contributed by atoms with van der Waals surface area (Å²) in [6.45, 7) is 1.71. The zero-order valence-corrected chi connectivity index (χ0v) is 15.5. The van der Waals surface area contributed by atoms with E-state index in [4.69, 9.17) is 5.73 Å². The Hall–Kier alpha value is -3.07. The highest BCUT2D eigenvalue weighted by molar-refractivity contribution is 6.26. The third-order valence-corrected chi connectivity index (χ3v) is 5.14. The highest BCUT2D eigenvalue weighted by Crippen LogP contribution is 2.39. The predicted molar refractivity (Wildman–Crippen MR) is 99.3 cm³/mol. The third kappa shape index (κ3) is 3.18. The number of imide groups is 2. The first-order valence-corrected chi connectivity index (χ1v) is 9.15. The summed E-state index contributed by atoms with van der Waals surface area (Å²) in [6.07, 6.45) is 1.43. The molecule has 0 saturated carbocycles. The summed E-state index contributed by atoms with van der Waals surface area (Å²) in [5.74, 6) is -2.73. The molecule has 0 spiro atoms. The molecular formula is C19H22N4O5. The number of fused-ring (bicyclic) bond motifs is 1. The number of nitrogens with two attached hydrogens (primary N) is 1. The number of benzene rings is 1. The fourth-order valence-electron chi connectivity index (χ4n) is 3.83. The van der Waals surface area contributed by atoms with Crippen molar-refractivity contribution in [2.45, 2.75) is 44.6 Å². The summed E-state index contributed by atoms with van der Waals surface area (Å²) in [5, 5.41) is 4.82. The summed E-state index contributed by atoms with van der Waals surface area (Å²) in [7, 11) is 0. The van der Waals surface area contributed by atoms with Gasteiger partial charge < -0.3 is 11.1 Å². The molecule has 0 aromatic heterocycles. The molecular weight excluding hydrogens is 364 g/mol. The quantitative estimate of drug-likeness (QED) is 0.482. The van der Waals surface area contributed by atoms with Crippen molar-refractivity contribution in [3.63, 3.8) is 0 Å². The van der Waals surface area contributed by atoms with E-state index in [9.17, 15) is 24.0 Å². The molecule has 0 aliphatic carbocycles. The molecule has 9 heteroatoms. The van der Waals surface area contributed by atoms with Gasteiger partial charge in [-0.1, -0.05) is 6.07 Å². The van der Waals surface area contributed by atoms with Crippen LogP contribution in [0.15, 0.2) is 18.2 Å². The van der Waals surface area contributed by atoms with Crippen molar-refractivity contribution in [1.82, 2.24) is 10.2 Å². The van der Waals surface area contributed by atoms with E-state index in [2.05, 4.69) is 10.6 Å². The molecule has 148 valence electrons. The van der Waals surface area contributed by atoms with Crippen molar-refractivity contribution in [2.24, 2.45) is 5.73 Å². The van der Waals surface area contributed by atoms with Gasteiger partial charge in [-0.3, -0.25) is 34.2 Å². The van der Waals surface area contributed by atoms with Crippen molar-refractivity contribution in [3.05, 3.63) is 29.3 Å². The van der Waals surface area contributed by atoms with Crippen LogP contribution in [0.4, 0.5) is 5.69 Å². The lowest BCUT2D eigenvalue weighted by atomic mass is 9.82. The topological polar surface area (TPSA) is 139 Å². The van der Waals surface area contributed by atoms with Crippen molar-refractivity contribution in [3.8, 4) is 0 Å². The van der Waals surface area contributed by atoms with E-state index in [0.29, 0.717) is 19.4 Å². The van der Waals surface area contributed by atoms with Gasteiger partial charge in [0.2, 0.25) is 11.8 Å². The van der Waals surface area contributed by atoms with Crippen LogP contribution in [0.5, 0.6) is 0 Å². The first-order chi connectivity index (χ1) is 13.3. The lowest BCUT2D eigenvalue weighted by molar-refractivity contribution is -0.142. The normalized spacial score (nSPS) is 21.6. The van der Waals surface area contributed by atoms with Crippen LogP contribution in [0, 0.1) is 0 Å². The highest BCUT2D eigenvalue weighted by Gasteiger charge is 2.55. The summed E-state index contributed by atoms with van der Waals surface area (Å²) in [5.41, 5.74) is 4.49. The van der Waals surface area contributed by atoms with Gasteiger partial charge in [0.15, 0.2) is 0 Å². The fraction of sp³-hybridized carbons (Fsp3) is 0.421. The molecule has 9 nitrogen and oxygen atoms in total. The summed E-state index contributed by atoms with van der Waals surface area (Å²) < 4.78 is 0. The van der Waals surface area contributed by atoms with E-state index in [0.717, 1.165) is 4.90 Å². The number of amides is 5. The van der Waals surface area contributed by atoms with Crippen LogP contribution in [0.25, 0.3) is 0 Å². The molecule has 4 N–H and O–H groups in total. The summed E-state index contributed by atoms with van der Waals surface area (Å²) >= 11 is 0. The predicted octanol–water partition coefficient (Wildman–Crippen LogP) is 0.545. The first kappa shape index (κ1) is 19.7. The maximum absolute atomic E-state index is 13.2. The minimum absolute atomic E-state index is 0.0281. The van der Waals surface area contributed by atoms with Gasteiger partial charge >= 0.3 is 0 Å². The van der Waals surface area contributed by atoms with Gasteiger partial charge in [0.05, 0.1) is 16.8 Å². The van der Waals surface area contributed by atoms with Crippen LogP contribution in [0.2, 0.25) is 0 Å². The first-order valence-electron chi connectivity index (χ1n) is 9.15. The molecule has 2 heterocycles. The van der Waals surface area contributed by atoms with Gasteiger partial charge in [-0.25, -0.2) is 0 Å². The number of nitrogens with one attached hydrogen (secondary N) is 2. The van der Waals surface area contributed by atoms with E-state index in [1.54, 1.807) is 6.07 Å². The van der Waals surface area contributed by atoms with Gasteiger partial charge in [0, 0.05) is 13.3 Å². The Morgan fingerprint density at radius 3 is 2.61 bits per heavy atom. The van der Waals surface area contributed by atoms with Gasteiger partial charge in [-0.15, -0.1) is 0 Å². The fourth-order valence-corrected chi connectivity index (χ4v) is 3.83.